The first-order valence-corrected chi connectivity index (χ1v) is 3.98. The first-order valence-electron chi connectivity index (χ1n) is 3.60. The lowest BCUT2D eigenvalue weighted by Gasteiger charge is -2.04. The van der Waals surface area contributed by atoms with E-state index in [0.717, 1.165) is 0 Å². The highest BCUT2D eigenvalue weighted by atomic mass is 35.5. The van der Waals surface area contributed by atoms with Crippen molar-refractivity contribution in [2.45, 2.75) is 6.92 Å². The average Bonchev–Trinajstić information content (AvgIpc) is 2.10. The topological polar surface area (TPSA) is 26.3 Å². The van der Waals surface area contributed by atoms with Crippen molar-refractivity contribution in [3.8, 4) is 0 Å². The van der Waals surface area contributed by atoms with E-state index in [0.29, 0.717) is 10.6 Å². The van der Waals surface area contributed by atoms with Crippen LogP contribution in [0, 0.1) is 12.7 Å². The van der Waals surface area contributed by atoms with Gasteiger partial charge in [-0.15, -0.1) is 0 Å². The Morgan fingerprint density at radius 1 is 1.54 bits per heavy atom. The van der Waals surface area contributed by atoms with Crippen LogP contribution in [0.25, 0.3) is 0 Å². The van der Waals surface area contributed by atoms with Gasteiger partial charge >= 0.3 is 5.97 Å². The number of benzene rings is 1. The lowest BCUT2D eigenvalue weighted by molar-refractivity contribution is 0.0595. The molecule has 0 N–H and O–H groups in total. The highest BCUT2D eigenvalue weighted by Crippen LogP contribution is 2.19. The van der Waals surface area contributed by atoms with Crippen LogP contribution in [0.2, 0.25) is 5.02 Å². The summed E-state index contributed by atoms with van der Waals surface area (Å²) in [4.78, 5) is 11.0. The van der Waals surface area contributed by atoms with Gasteiger partial charge in [-0.05, 0) is 24.6 Å². The number of halogens is 2. The number of methoxy groups -OCH3 is 1. The zero-order valence-electron chi connectivity index (χ0n) is 7.23. The van der Waals surface area contributed by atoms with E-state index in [-0.39, 0.29) is 5.56 Å². The number of carbonyl (C=O) groups is 1. The van der Waals surface area contributed by atoms with Crippen molar-refractivity contribution in [2.24, 2.45) is 0 Å². The second-order valence-corrected chi connectivity index (χ2v) is 3.01. The van der Waals surface area contributed by atoms with Crippen molar-refractivity contribution in [2.75, 3.05) is 7.11 Å². The molecule has 0 heterocycles. The maximum absolute atomic E-state index is 13.3. The van der Waals surface area contributed by atoms with Gasteiger partial charge in [0.25, 0.3) is 0 Å². The van der Waals surface area contributed by atoms with Gasteiger partial charge < -0.3 is 4.74 Å². The molecule has 0 aromatic heterocycles. The van der Waals surface area contributed by atoms with Crippen LogP contribution >= 0.6 is 11.6 Å². The fraction of sp³-hybridized carbons (Fsp3) is 0.222. The minimum absolute atomic E-state index is 0.132. The molecule has 0 saturated heterocycles. The molecule has 0 atom stereocenters. The van der Waals surface area contributed by atoms with Crippen LogP contribution in [-0.4, -0.2) is 13.1 Å². The van der Waals surface area contributed by atoms with Gasteiger partial charge in [-0.3, -0.25) is 0 Å². The van der Waals surface area contributed by atoms with E-state index in [1.807, 2.05) is 0 Å². The lowest BCUT2D eigenvalue weighted by Crippen LogP contribution is -2.05. The Kier molecular flexibility index (Phi) is 2.88. The third-order valence-corrected chi connectivity index (χ3v) is 1.84. The molecule has 0 aliphatic carbocycles. The van der Waals surface area contributed by atoms with Crippen LogP contribution in [0.3, 0.4) is 0 Å². The number of hydrogen-bond donors (Lipinski definition) is 0. The van der Waals surface area contributed by atoms with Crippen molar-refractivity contribution < 1.29 is 13.9 Å². The Morgan fingerprint density at radius 3 is 2.69 bits per heavy atom. The zero-order valence-corrected chi connectivity index (χ0v) is 7.98. The molecular weight excluding hydrogens is 195 g/mol. The number of rotatable bonds is 1. The van der Waals surface area contributed by atoms with E-state index < -0.39 is 11.8 Å². The minimum Gasteiger partial charge on any atom is -0.465 e. The van der Waals surface area contributed by atoms with Gasteiger partial charge in [-0.25, -0.2) is 9.18 Å². The number of aryl methyl sites for hydroxylation is 1. The average molecular weight is 203 g/mol. The van der Waals surface area contributed by atoms with Crippen LogP contribution in [0.5, 0.6) is 0 Å². The van der Waals surface area contributed by atoms with Crippen LogP contribution in [0.1, 0.15) is 15.9 Å². The van der Waals surface area contributed by atoms with Gasteiger partial charge in [0.1, 0.15) is 5.82 Å². The molecule has 1 rings (SSSR count). The number of hydrogen-bond acceptors (Lipinski definition) is 2. The smallest absolute Gasteiger partial charge is 0.340 e. The quantitative estimate of drug-likeness (QED) is 0.655. The lowest BCUT2D eigenvalue weighted by atomic mass is 10.1. The highest BCUT2D eigenvalue weighted by molar-refractivity contribution is 6.31. The monoisotopic (exact) mass is 202 g/mol. The summed E-state index contributed by atoms with van der Waals surface area (Å²) in [6.45, 7) is 1.54. The molecule has 1 aromatic rings. The molecular formula is C9H8ClFO2. The predicted molar refractivity (Wildman–Crippen MR) is 47.5 cm³/mol. The normalized spacial score (nSPS) is 9.85. The van der Waals surface area contributed by atoms with Crippen molar-refractivity contribution >= 4 is 17.6 Å². The molecule has 0 aliphatic heterocycles. The number of ether oxygens (including phenoxy) is 1. The highest BCUT2D eigenvalue weighted by Gasteiger charge is 2.14. The molecule has 0 spiro atoms. The molecule has 4 heteroatoms. The summed E-state index contributed by atoms with van der Waals surface area (Å²) in [5.74, 6) is -1.31. The molecule has 2 nitrogen and oxygen atoms in total. The van der Waals surface area contributed by atoms with Gasteiger partial charge in [0.2, 0.25) is 0 Å². The van der Waals surface area contributed by atoms with E-state index in [9.17, 15) is 9.18 Å². The molecule has 0 amide bonds. The van der Waals surface area contributed by atoms with Gasteiger partial charge in [-0.2, -0.15) is 0 Å². The van der Waals surface area contributed by atoms with Crippen molar-refractivity contribution in [3.63, 3.8) is 0 Å². The van der Waals surface area contributed by atoms with E-state index >= 15 is 0 Å². The summed E-state index contributed by atoms with van der Waals surface area (Å²) in [5.41, 5.74) is 0.195. The summed E-state index contributed by atoms with van der Waals surface area (Å²) in [6.07, 6.45) is 0. The summed E-state index contributed by atoms with van der Waals surface area (Å²) >= 11 is 5.65. The molecule has 0 bridgehead atoms. The Labute approximate surface area is 80.3 Å². The van der Waals surface area contributed by atoms with Gasteiger partial charge in [0, 0.05) is 5.02 Å². The first kappa shape index (κ1) is 9.99. The molecule has 1 aromatic carbocycles. The van der Waals surface area contributed by atoms with Gasteiger partial charge in [-0.1, -0.05) is 11.6 Å². The largest absolute Gasteiger partial charge is 0.465 e. The minimum atomic E-state index is -0.719. The molecule has 0 radical (unpaired) electrons. The molecule has 0 saturated carbocycles. The van der Waals surface area contributed by atoms with Crippen molar-refractivity contribution in [3.05, 3.63) is 34.1 Å². The van der Waals surface area contributed by atoms with E-state index in [2.05, 4.69) is 4.74 Å². The molecule has 0 unspecified atom stereocenters. The Balaban J connectivity index is 3.28. The van der Waals surface area contributed by atoms with Crippen molar-refractivity contribution in [1.29, 1.82) is 0 Å². The van der Waals surface area contributed by atoms with Gasteiger partial charge in [0.15, 0.2) is 0 Å². The third kappa shape index (κ3) is 1.98. The Hall–Kier alpha value is -1.09. The summed E-state index contributed by atoms with van der Waals surface area (Å²) in [5, 5.41) is 0.319. The standard InChI is InChI=1S/C9H8ClFO2/c1-5-3-6(10)4-7(8(5)11)9(12)13-2/h3-4H,1-2H3. The third-order valence-electron chi connectivity index (χ3n) is 1.62. The first-order chi connectivity index (χ1) is 6.06. The SMILES string of the molecule is COC(=O)c1cc(Cl)cc(C)c1F. The second-order valence-electron chi connectivity index (χ2n) is 2.58. The van der Waals surface area contributed by atoms with Gasteiger partial charge in [0.05, 0.1) is 12.7 Å². The summed E-state index contributed by atoms with van der Waals surface area (Å²) in [6, 6.07) is 2.69. The van der Waals surface area contributed by atoms with E-state index in [1.165, 1.54) is 26.2 Å². The van der Waals surface area contributed by atoms with Crippen LogP contribution < -0.4 is 0 Å². The maximum Gasteiger partial charge on any atom is 0.340 e. The van der Waals surface area contributed by atoms with Crippen molar-refractivity contribution in [1.82, 2.24) is 0 Å². The fourth-order valence-electron chi connectivity index (χ4n) is 0.984. The Morgan fingerprint density at radius 2 is 2.15 bits per heavy atom. The van der Waals surface area contributed by atoms with Crippen LogP contribution in [0.4, 0.5) is 4.39 Å². The summed E-state index contributed by atoms with van der Waals surface area (Å²) in [7, 11) is 1.19. The Bertz CT molecular complexity index is 350. The maximum atomic E-state index is 13.3. The molecule has 0 fully saturated rings. The summed E-state index contributed by atoms with van der Waals surface area (Å²) < 4.78 is 17.6. The number of esters is 1. The fourth-order valence-corrected chi connectivity index (χ4v) is 1.26. The zero-order chi connectivity index (χ0) is 10.0. The predicted octanol–water partition coefficient (Wildman–Crippen LogP) is 2.57. The van der Waals surface area contributed by atoms with Crippen LogP contribution in [-0.2, 0) is 4.74 Å². The molecule has 0 aliphatic rings. The molecule has 70 valence electrons. The van der Waals surface area contributed by atoms with E-state index in [4.69, 9.17) is 11.6 Å². The number of carbonyl (C=O) groups excluding carboxylic acids is 1. The second kappa shape index (κ2) is 3.75. The molecule has 13 heavy (non-hydrogen) atoms. The van der Waals surface area contributed by atoms with E-state index in [1.54, 1.807) is 0 Å². The van der Waals surface area contributed by atoms with Crippen LogP contribution in [0.15, 0.2) is 12.1 Å².